The van der Waals surface area contributed by atoms with Crippen molar-refractivity contribution in [2.45, 2.75) is 52.5 Å². The van der Waals surface area contributed by atoms with Gasteiger partial charge in [-0.05, 0) is 43.5 Å². The summed E-state index contributed by atoms with van der Waals surface area (Å²) in [5, 5.41) is 5.82. The maximum absolute atomic E-state index is 13.4. The molecule has 1 aliphatic rings. The van der Waals surface area contributed by atoms with E-state index < -0.39 is 0 Å². The number of ether oxygens (including phenoxy) is 1. The van der Waals surface area contributed by atoms with Crippen LogP contribution >= 0.6 is 23.2 Å². The van der Waals surface area contributed by atoms with Gasteiger partial charge in [0.05, 0.1) is 24.8 Å². The lowest BCUT2D eigenvalue weighted by atomic mass is 9.92. The van der Waals surface area contributed by atoms with Crippen molar-refractivity contribution in [3.8, 4) is 0 Å². The predicted molar refractivity (Wildman–Crippen MR) is 122 cm³/mol. The molecule has 0 atom stereocenters. The summed E-state index contributed by atoms with van der Waals surface area (Å²) in [7, 11) is 0. The van der Waals surface area contributed by atoms with Crippen LogP contribution in [-0.2, 0) is 21.5 Å². The van der Waals surface area contributed by atoms with E-state index in [2.05, 4.69) is 20.8 Å². The molecule has 3 rings (SSSR count). The van der Waals surface area contributed by atoms with E-state index in [4.69, 9.17) is 33.0 Å². The van der Waals surface area contributed by atoms with Gasteiger partial charge in [-0.15, -0.1) is 0 Å². The quantitative estimate of drug-likeness (QED) is 0.585. The first-order valence-electron chi connectivity index (χ1n) is 10.6. The monoisotopic (exact) mass is 465 g/mol. The lowest BCUT2D eigenvalue weighted by Gasteiger charge is -2.31. The molecule has 0 aliphatic carbocycles. The van der Waals surface area contributed by atoms with E-state index in [1.165, 1.54) is 0 Å². The molecule has 0 saturated carbocycles. The van der Waals surface area contributed by atoms with Crippen molar-refractivity contribution in [1.29, 1.82) is 0 Å². The molecule has 8 heteroatoms. The smallest absolute Gasteiger partial charge is 0.309 e. The minimum atomic E-state index is -0.207. The fourth-order valence-electron chi connectivity index (χ4n) is 3.63. The zero-order valence-electron chi connectivity index (χ0n) is 18.5. The van der Waals surface area contributed by atoms with E-state index in [9.17, 15) is 9.59 Å². The maximum Gasteiger partial charge on any atom is 0.309 e. The van der Waals surface area contributed by atoms with Gasteiger partial charge in [0.1, 0.15) is 5.69 Å². The highest BCUT2D eigenvalue weighted by Crippen LogP contribution is 2.27. The summed E-state index contributed by atoms with van der Waals surface area (Å²) in [6.07, 6.45) is 1.21. The van der Waals surface area contributed by atoms with Crippen LogP contribution in [-0.4, -0.2) is 46.3 Å². The van der Waals surface area contributed by atoms with Gasteiger partial charge >= 0.3 is 5.97 Å². The molecule has 6 nitrogen and oxygen atoms in total. The number of nitrogens with zero attached hydrogens (tertiary/aromatic N) is 3. The van der Waals surface area contributed by atoms with Crippen LogP contribution in [0.25, 0.3) is 0 Å². The van der Waals surface area contributed by atoms with Crippen LogP contribution in [0, 0.1) is 5.92 Å². The maximum atomic E-state index is 13.4. The number of hydrogen-bond donors (Lipinski definition) is 0. The Morgan fingerprint density at radius 2 is 1.84 bits per heavy atom. The number of hydrogen-bond acceptors (Lipinski definition) is 4. The Bertz CT molecular complexity index is 957. The molecule has 0 spiro atoms. The van der Waals surface area contributed by atoms with Crippen LogP contribution in [0.3, 0.4) is 0 Å². The molecule has 1 saturated heterocycles. The van der Waals surface area contributed by atoms with Crippen LogP contribution in [0.15, 0.2) is 24.3 Å². The second-order valence-corrected chi connectivity index (χ2v) is 9.72. The molecule has 2 heterocycles. The molecule has 0 unspecified atom stereocenters. The van der Waals surface area contributed by atoms with E-state index in [-0.39, 0.29) is 23.2 Å². The molecule has 1 amide bonds. The first-order chi connectivity index (χ1) is 14.6. The standard InChI is InChI=1S/C23H29Cl2N3O3/c1-5-31-22(30)15-8-10-27(11-9-15)21(29)19-13-20(23(2,3)4)26-28(19)14-16-6-7-17(24)12-18(16)25/h6-7,12-13,15H,5,8-11,14H2,1-4H3. The predicted octanol–water partition coefficient (Wildman–Crippen LogP) is 4.95. The van der Waals surface area contributed by atoms with Crippen molar-refractivity contribution in [3.05, 3.63) is 51.3 Å². The van der Waals surface area contributed by atoms with Gasteiger partial charge in [-0.2, -0.15) is 5.10 Å². The molecule has 0 radical (unpaired) electrons. The zero-order valence-corrected chi connectivity index (χ0v) is 20.0. The highest BCUT2D eigenvalue weighted by atomic mass is 35.5. The van der Waals surface area contributed by atoms with Crippen molar-refractivity contribution < 1.29 is 14.3 Å². The van der Waals surface area contributed by atoms with Gasteiger partial charge in [0.2, 0.25) is 0 Å². The van der Waals surface area contributed by atoms with E-state index in [0.717, 1.165) is 11.3 Å². The van der Waals surface area contributed by atoms with Crippen molar-refractivity contribution in [3.63, 3.8) is 0 Å². The van der Waals surface area contributed by atoms with Crippen LogP contribution in [0.2, 0.25) is 10.0 Å². The Kier molecular flexibility index (Phi) is 7.32. The number of aromatic nitrogens is 2. The lowest BCUT2D eigenvalue weighted by Crippen LogP contribution is -2.41. The van der Waals surface area contributed by atoms with Crippen LogP contribution < -0.4 is 0 Å². The van der Waals surface area contributed by atoms with Gasteiger partial charge in [-0.3, -0.25) is 14.3 Å². The number of likely N-dealkylation sites (tertiary alicyclic amines) is 1. The number of esters is 1. The molecular formula is C23H29Cl2N3O3. The van der Waals surface area contributed by atoms with Gasteiger partial charge in [0.25, 0.3) is 5.91 Å². The minimum Gasteiger partial charge on any atom is -0.466 e. The molecular weight excluding hydrogens is 437 g/mol. The summed E-state index contributed by atoms with van der Waals surface area (Å²) in [5.41, 5.74) is 1.98. The summed E-state index contributed by atoms with van der Waals surface area (Å²) >= 11 is 12.4. The van der Waals surface area contributed by atoms with Gasteiger partial charge < -0.3 is 9.64 Å². The van der Waals surface area contributed by atoms with Crippen LogP contribution in [0.5, 0.6) is 0 Å². The SMILES string of the molecule is CCOC(=O)C1CCN(C(=O)c2cc(C(C)(C)C)nn2Cc2ccc(Cl)cc2Cl)CC1. The Hall–Kier alpha value is -2.05. The lowest BCUT2D eigenvalue weighted by molar-refractivity contribution is -0.149. The average Bonchev–Trinajstić information content (AvgIpc) is 3.14. The minimum absolute atomic E-state index is 0.0876. The summed E-state index contributed by atoms with van der Waals surface area (Å²) in [6, 6.07) is 7.18. The van der Waals surface area contributed by atoms with Crippen molar-refractivity contribution >= 4 is 35.1 Å². The molecule has 31 heavy (non-hydrogen) atoms. The largest absolute Gasteiger partial charge is 0.466 e. The van der Waals surface area contributed by atoms with Gasteiger partial charge in [0, 0.05) is 28.5 Å². The Morgan fingerprint density at radius 1 is 1.16 bits per heavy atom. The molecule has 2 aromatic rings. The van der Waals surface area contributed by atoms with E-state index in [0.29, 0.717) is 54.8 Å². The summed E-state index contributed by atoms with van der Waals surface area (Å²) in [4.78, 5) is 27.2. The van der Waals surface area contributed by atoms with E-state index in [1.54, 1.807) is 28.6 Å². The van der Waals surface area contributed by atoms with Crippen LogP contribution in [0.4, 0.5) is 0 Å². The molecule has 0 N–H and O–H groups in total. The first kappa shape index (κ1) is 23.6. The topological polar surface area (TPSA) is 64.4 Å². The zero-order chi connectivity index (χ0) is 22.8. The summed E-state index contributed by atoms with van der Waals surface area (Å²) in [6.45, 7) is 9.76. The molecule has 1 aromatic carbocycles. The Labute approximate surface area is 193 Å². The van der Waals surface area contributed by atoms with E-state index in [1.807, 2.05) is 12.1 Å². The Balaban J connectivity index is 1.83. The third-order valence-corrected chi connectivity index (χ3v) is 6.09. The van der Waals surface area contributed by atoms with Crippen molar-refractivity contribution in [1.82, 2.24) is 14.7 Å². The number of rotatable bonds is 5. The Morgan fingerprint density at radius 3 is 2.42 bits per heavy atom. The number of piperidine rings is 1. The van der Waals surface area contributed by atoms with Crippen molar-refractivity contribution in [2.24, 2.45) is 5.92 Å². The first-order valence-corrected chi connectivity index (χ1v) is 11.3. The fourth-order valence-corrected chi connectivity index (χ4v) is 4.10. The normalized spacial score (nSPS) is 15.2. The number of halogens is 2. The van der Waals surface area contributed by atoms with Gasteiger partial charge in [-0.25, -0.2) is 0 Å². The summed E-state index contributed by atoms with van der Waals surface area (Å²) in [5.74, 6) is -0.408. The average molecular weight is 466 g/mol. The molecule has 1 aliphatic heterocycles. The highest BCUT2D eigenvalue weighted by molar-refractivity contribution is 6.35. The molecule has 1 fully saturated rings. The third-order valence-electron chi connectivity index (χ3n) is 5.50. The van der Waals surface area contributed by atoms with Crippen molar-refractivity contribution in [2.75, 3.05) is 19.7 Å². The number of carbonyl (C=O) groups is 2. The highest BCUT2D eigenvalue weighted by Gasteiger charge is 2.31. The second-order valence-electron chi connectivity index (χ2n) is 8.88. The summed E-state index contributed by atoms with van der Waals surface area (Å²) < 4.78 is 6.85. The van der Waals surface area contributed by atoms with Crippen LogP contribution in [0.1, 0.15) is 62.3 Å². The molecule has 168 valence electrons. The fraction of sp³-hybridized carbons (Fsp3) is 0.522. The molecule has 0 bridgehead atoms. The number of carbonyl (C=O) groups excluding carboxylic acids is 2. The van der Waals surface area contributed by atoms with Gasteiger partial charge in [0.15, 0.2) is 0 Å². The number of benzene rings is 1. The number of amides is 1. The van der Waals surface area contributed by atoms with Gasteiger partial charge in [-0.1, -0.05) is 50.0 Å². The second kappa shape index (κ2) is 9.61. The third kappa shape index (κ3) is 5.60. The van der Waals surface area contributed by atoms with E-state index >= 15 is 0 Å². The molecule has 1 aromatic heterocycles.